The Morgan fingerprint density at radius 1 is 1.18 bits per heavy atom. The molecule has 0 amide bonds. The second kappa shape index (κ2) is 13.1. The number of nitrogens with one attached hydrogen (secondary N) is 1. The van der Waals surface area contributed by atoms with Gasteiger partial charge in [0.1, 0.15) is 0 Å². The number of rotatable bonds is 13. The average Bonchev–Trinajstić information content (AvgIpc) is 2.70. The molecule has 2 nitrogen and oxygen atoms in total. The van der Waals surface area contributed by atoms with E-state index in [4.69, 9.17) is 0 Å². The Morgan fingerprint density at radius 3 is 2.36 bits per heavy atom. The molecule has 1 N–H and O–H groups in total. The number of thioether (sulfide) groups is 1. The molecule has 1 aliphatic carbocycles. The molecule has 0 aromatic rings. The maximum Gasteiger partial charge on any atom is 0.0802 e. The van der Waals surface area contributed by atoms with E-state index in [2.05, 4.69) is 77.1 Å². The molecule has 0 aliphatic heterocycles. The van der Waals surface area contributed by atoms with Crippen LogP contribution in [0, 0.1) is 0 Å². The van der Waals surface area contributed by atoms with Crippen LogP contribution in [0.5, 0.6) is 0 Å². The van der Waals surface area contributed by atoms with Crippen molar-refractivity contribution in [1.29, 1.82) is 0 Å². The molecule has 0 radical (unpaired) electrons. The Hall–Kier alpha value is -1.19. The molecule has 0 spiro atoms. The van der Waals surface area contributed by atoms with Gasteiger partial charge in [0.15, 0.2) is 0 Å². The Labute approximate surface area is 178 Å². The Morgan fingerprint density at radius 2 is 1.89 bits per heavy atom. The Balaban J connectivity index is 3.38. The van der Waals surface area contributed by atoms with E-state index in [1.165, 1.54) is 21.7 Å². The van der Waals surface area contributed by atoms with E-state index in [1.54, 1.807) is 0 Å². The lowest BCUT2D eigenvalue weighted by Crippen LogP contribution is -2.40. The molecule has 1 atom stereocenters. The standard InChI is InChI=1S/C25H42N2S/c1-9-17-26-18-27(20(7)10-2)25(28-12-4)24(19(5)6)21(8)23-15-13-22(11-3)14-16-23/h13,15,20,26H,5,8-12,14,16-18H2,1-4,6-7H3/b25-24+. The fraction of sp³-hybridized carbons (Fsp3) is 0.600. The van der Waals surface area contributed by atoms with Crippen molar-refractivity contribution >= 4 is 11.8 Å². The lowest BCUT2D eigenvalue weighted by atomic mass is 9.87. The first-order valence-corrected chi connectivity index (χ1v) is 12.0. The quantitative estimate of drug-likeness (QED) is 0.199. The summed E-state index contributed by atoms with van der Waals surface area (Å²) >= 11 is 1.92. The van der Waals surface area contributed by atoms with Crippen molar-refractivity contribution in [3.63, 3.8) is 0 Å². The lowest BCUT2D eigenvalue weighted by molar-refractivity contribution is 0.258. The first kappa shape index (κ1) is 24.8. The largest absolute Gasteiger partial charge is 0.350 e. The van der Waals surface area contributed by atoms with Crippen LogP contribution in [0.25, 0.3) is 0 Å². The van der Waals surface area contributed by atoms with Crippen LogP contribution in [0.15, 0.2) is 58.2 Å². The van der Waals surface area contributed by atoms with E-state index in [1.807, 2.05) is 11.8 Å². The van der Waals surface area contributed by atoms with Gasteiger partial charge in [-0.3, -0.25) is 5.32 Å². The molecular weight excluding hydrogens is 360 g/mol. The smallest absolute Gasteiger partial charge is 0.0802 e. The minimum atomic E-state index is 0.465. The molecule has 3 heteroatoms. The molecule has 0 bridgehead atoms. The van der Waals surface area contributed by atoms with E-state index in [0.29, 0.717) is 6.04 Å². The van der Waals surface area contributed by atoms with Crippen LogP contribution in [0.1, 0.15) is 73.6 Å². The van der Waals surface area contributed by atoms with Crippen LogP contribution in [-0.4, -0.2) is 29.9 Å². The van der Waals surface area contributed by atoms with E-state index in [-0.39, 0.29) is 0 Å². The van der Waals surface area contributed by atoms with Crippen LogP contribution in [0.3, 0.4) is 0 Å². The van der Waals surface area contributed by atoms with Crippen molar-refractivity contribution in [2.75, 3.05) is 19.0 Å². The summed E-state index contributed by atoms with van der Waals surface area (Å²) in [6, 6.07) is 0.465. The zero-order valence-electron chi connectivity index (χ0n) is 19.2. The van der Waals surface area contributed by atoms with Gasteiger partial charge in [-0.1, -0.05) is 58.6 Å². The molecule has 158 valence electrons. The van der Waals surface area contributed by atoms with Crippen LogP contribution >= 0.6 is 11.8 Å². The minimum Gasteiger partial charge on any atom is -0.350 e. The zero-order valence-corrected chi connectivity index (χ0v) is 20.0. The summed E-state index contributed by atoms with van der Waals surface area (Å²) in [6.07, 6.45) is 10.2. The minimum absolute atomic E-state index is 0.465. The van der Waals surface area contributed by atoms with Crippen molar-refractivity contribution in [1.82, 2.24) is 10.2 Å². The van der Waals surface area contributed by atoms with Gasteiger partial charge in [0.05, 0.1) is 11.7 Å². The Kier molecular flexibility index (Phi) is 11.6. The molecule has 0 fully saturated rings. The summed E-state index contributed by atoms with van der Waals surface area (Å²) in [5.74, 6) is 1.04. The Bertz CT molecular complexity index is 624. The summed E-state index contributed by atoms with van der Waals surface area (Å²) in [6.45, 7) is 24.2. The highest BCUT2D eigenvalue weighted by Crippen LogP contribution is 2.37. The lowest BCUT2D eigenvalue weighted by Gasteiger charge is -2.35. The van der Waals surface area contributed by atoms with Gasteiger partial charge in [0.2, 0.25) is 0 Å². The predicted molar refractivity (Wildman–Crippen MR) is 130 cm³/mol. The van der Waals surface area contributed by atoms with Gasteiger partial charge >= 0.3 is 0 Å². The molecule has 1 unspecified atom stereocenters. The highest BCUT2D eigenvalue weighted by atomic mass is 32.2. The fourth-order valence-corrected chi connectivity index (χ4v) is 4.54. The van der Waals surface area contributed by atoms with Gasteiger partial charge in [0, 0.05) is 11.6 Å². The first-order chi connectivity index (χ1) is 13.4. The normalized spacial score (nSPS) is 16.1. The molecular formula is C25H42N2S. The van der Waals surface area contributed by atoms with Gasteiger partial charge in [0.25, 0.3) is 0 Å². The molecule has 1 aliphatic rings. The highest BCUT2D eigenvalue weighted by Gasteiger charge is 2.23. The molecule has 0 saturated carbocycles. The summed E-state index contributed by atoms with van der Waals surface area (Å²) in [4.78, 5) is 2.52. The maximum atomic E-state index is 4.54. The van der Waals surface area contributed by atoms with Crippen LogP contribution in [-0.2, 0) is 0 Å². The van der Waals surface area contributed by atoms with E-state index < -0.39 is 0 Å². The SMILES string of the molecule is C=C(C)/C(C(=C)C1=CC=C(CC)CC1)=C(\SCC)N(CNCCC)C(C)CC. The summed E-state index contributed by atoms with van der Waals surface area (Å²) in [5.41, 5.74) is 6.39. The highest BCUT2D eigenvalue weighted by molar-refractivity contribution is 8.03. The van der Waals surface area contributed by atoms with Gasteiger partial charge in [-0.2, -0.15) is 0 Å². The third-order valence-corrected chi connectivity index (χ3v) is 6.39. The number of nitrogens with zero attached hydrogens (tertiary/aromatic N) is 1. The van der Waals surface area contributed by atoms with E-state index >= 15 is 0 Å². The molecule has 28 heavy (non-hydrogen) atoms. The van der Waals surface area contributed by atoms with Crippen molar-refractivity contribution in [2.24, 2.45) is 0 Å². The van der Waals surface area contributed by atoms with Crippen LogP contribution in [0.4, 0.5) is 0 Å². The predicted octanol–water partition coefficient (Wildman–Crippen LogP) is 7.20. The fourth-order valence-electron chi connectivity index (χ4n) is 3.42. The maximum absolute atomic E-state index is 4.54. The molecule has 0 aromatic heterocycles. The second-order valence-electron chi connectivity index (χ2n) is 7.63. The van der Waals surface area contributed by atoms with Crippen LogP contribution < -0.4 is 5.32 Å². The van der Waals surface area contributed by atoms with Gasteiger partial charge in [-0.15, -0.1) is 11.8 Å². The number of allylic oxidation sites excluding steroid dienone is 7. The summed E-state index contributed by atoms with van der Waals surface area (Å²) in [7, 11) is 0. The third-order valence-electron chi connectivity index (χ3n) is 5.39. The second-order valence-corrected chi connectivity index (χ2v) is 8.88. The molecule has 0 heterocycles. The summed E-state index contributed by atoms with van der Waals surface area (Å²) < 4.78 is 0. The zero-order chi connectivity index (χ0) is 21.1. The van der Waals surface area contributed by atoms with Gasteiger partial charge < -0.3 is 4.90 Å². The van der Waals surface area contributed by atoms with Crippen molar-refractivity contribution in [2.45, 2.75) is 79.7 Å². The number of hydrogen-bond acceptors (Lipinski definition) is 3. The molecule has 0 aromatic carbocycles. The molecule has 0 saturated heterocycles. The average molecular weight is 403 g/mol. The number of hydrogen-bond donors (Lipinski definition) is 1. The van der Waals surface area contributed by atoms with E-state index in [9.17, 15) is 0 Å². The monoisotopic (exact) mass is 402 g/mol. The topological polar surface area (TPSA) is 15.3 Å². The third kappa shape index (κ3) is 7.00. The summed E-state index contributed by atoms with van der Waals surface area (Å²) in [5, 5.41) is 4.93. The van der Waals surface area contributed by atoms with Crippen molar-refractivity contribution in [3.05, 3.63) is 58.2 Å². The molecule has 1 rings (SSSR count). The van der Waals surface area contributed by atoms with Gasteiger partial charge in [-0.25, -0.2) is 0 Å². The first-order valence-electron chi connectivity index (χ1n) is 11.0. The van der Waals surface area contributed by atoms with Crippen LogP contribution in [0.2, 0.25) is 0 Å². The van der Waals surface area contributed by atoms with Crippen molar-refractivity contribution < 1.29 is 0 Å². The van der Waals surface area contributed by atoms with Gasteiger partial charge in [-0.05, 0) is 75.0 Å². The van der Waals surface area contributed by atoms with E-state index in [0.717, 1.165) is 62.2 Å². The van der Waals surface area contributed by atoms with Crippen molar-refractivity contribution in [3.8, 4) is 0 Å².